The number of rotatable bonds is 6. The molecule has 2 unspecified atom stereocenters. The van der Waals surface area contributed by atoms with Crippen LogP contribution in [0.5, 0.6) is 11.5 Å². The van der Waals surface area contributed by atoms with Gasteiger partial charge >= 0.3 is 6.03 Å². The highest BCUT2D eigenvalue weighted by molar-refractivity contribution is 5.95. The minimum Gasteiger partial charge on any atom is -0.497 e. The van der Waals surface area contributed by atoms with Crippen molar-refractivity contribution in [1.29, 1.82) is 0 Å². The van der Waals surface area contributed by atoms with Crippen molar-refractivity contribution < 1.29 is 27.8 Å². The van der Waals surface area contributed by atoms with Crippen LogP contribution in [0.15, 0.2) is 66.7 Å². The van der Waals surface area contributed by atoms with Crippen LogP contribution in [-0.2, 0) is 4.79 Å². The van der Waals surface area contributed by atoms with Gasteiger partial charge < -0.3 is 25.0 Å². The van der Waals surface area contributed by atoms with Crippen molar-refractivity contribution >= 4 is 23.3 Å². The first-order valence-corrected chi connectivity index (χ1v) is 11.5. The molecule has 0 aliphatic carbocycles. The lowest BCUT2D eigenvalue weighted by atomic mass is 9.88. The summed E-state index contributed by atoms with van der Waals surface area (Å²) in [6.45, 7) is 0.110. The molecule has 0 aromatic heterocycles. The van der Waals surface area contributed by atoms with E-state index in [-0.39, 0.29) is 24.2 Å². The summed E-state index contributed by atoms with van der Waals surface area (Å²) in [6, 6.07) is 16.6. The third kappa shape index (κ3) is 5.56. The second-order valence-corrected chi connectivity index (χ2v) is 8.46. The molecular formula is C27H27F2N3O4. The Hall–Kier alpha value is -4.14. The Morgan fingerprint density at radius 3 is 2.33 bits per heavy atom. The van der Waals surface area contributed by atoms with Crippen LogP contribution in [0.3, 0.4) is 0 Å². The van der Waals surface area contributed by atoms with Gasteiger partial charge in [-0.2, -0.15) is 0 Å². The van der Waals surface area contributed by atoms with Crippen molar-refractivity contribution in [3.63, 3.8) is 0 Å². The summed E-state index contributed by atoms with van der Waals surface area (Å²) in [7, 11) is 3.03. The van der Waals surface area contributed by atoms with Crippen LogP contribution < -0.4 is 20.1 Å². The van der Waals surface area contributed by atoms with E-state index in [0.717, 1.165) is 11.6 Å². The number of nitrogens with one attached hydrogen (secondary N) is 2. The molecule has 9 heteroatoms. The smallest absolute Gasteiger partial charge is 0.322 e. The molecule has 2 atom stereocenters. The molecule has 0 bridgehead atoms. The number of piperidine rings is 1. The van der Waals surface area contributed by atoms with E-state index in [0.29, 0.717) is 36.1 Å². The number of carbonyl (C=O) groups excluding carboxylic acids is 2. The zero-order chi connectivity index (χ0) is 25.7. The Morgan fingerprint density at radius 2 is 1.64 bits per heavy atom. The van der Waals surface area contributed by atoms with E-state index in [1.165, 1.54) is 25.2 Å². The maximum Gasteiger partial charge on any atom is 0.322 e. The largest absolute Gasteiger partial charge is 0.497 e. The summed E-state index contributed by atoms with van der Waals surface area (Å²) in [4.78, 5) is 28.0. The first kappa shape index (κ1) is 25.0. The normalized spacial score (nSPS) is 17.3. The molecule has 4 rings (SSSR count). The fraction of sp³-hybridized carbons (Fsp3) is 0.259. The fourth-order valence-corrected chi connectivity index (χ4v) is 4.35. The second-order valence-electron chi connectivity index (χ2n) is 8.46. The van der Waals surface area contributed by atoms with Gasteiger partial charge in [-0.1, -0.05) is 30.3 Å². The number of benzene rings is 3. The van der Waals surface area contributed by atoms with Crippen molar-refractivity contribution in [3.8, 4) is 11.5 Å². The molecule has 36 heavy (non-hydrogen) atoms. The fourth-order valence-electron chi connectivity index (χ4n) is 4.35. The molecule has 1 saturated heterocycles. The number of hydrogen-bond acceptors (Lipinski definition) is 4. The molecule has 1 aliphatic heterocycles. The van der Waals surface area contributed by atoms with E-state index in [9.17, 15) is 18.4 Å². The molecule has 7 nitrogen and oxygen atoms in total. The summed E-state index contributed by atoms with van der Waals surface area (Å²) < 4.78 is 38.1. The number of likely N-dealkylation sites (tertiary alicyclic amines) is 1. The van der Waals surface area contributed by atoms with E-state index < -0.39 is 23.6 Å². The lowest BCUT2D eigenvalue weighted by Crippen LogP contribution is -2.47. The minimum absolute atomic E-state index is 0.110. The highest BCUT2D eigenvalue weighted by atomic mass is 19.1. The van der Waals surface area contributed by atoms with Crippen molar-refractivity contribution in [2.24, 2.45) is 5.92 Å². The van der Waals surface area contributed by atoms with Gasteiger partial charge in [-0.15, -0.1) is 0 Å². The third-order valence-electron chi connectivity index (χ3n) is 6.24. The Morgan fingerprint density at radius 1 is 0.889 bits per heavy atom. The lowest BCUT2D eigenvalue weighted by Gasteiger charge is -2.39. The number of methoxy groups -OCH3 is 2. The van der Waals surface area contributed by atoms with Crippen molar-refractivity contribution in [3.05, 3.63) is 83.9 Å². The summed E-state index contributed by atoms with van der Waals surface area (Å²) >= 11 is 0. The van der Waals surface area contributed by atoms with Crippen LogP contribution in [0.4, 0.5) is 25.0 Å². The summed E-state index contributed by atoms with van der Waals surface area (Å²) in [5.74, 6) is -1.36. The number of ether oxygens (including phenoxy) is 2. The molecule has 1 heterocycles. The maximum atomic E-state index is 14.2. The van der Waals surface area contributed by atoms with Gasteiger partial charge in [0.2, 0.25) is 5.91 Å². The first-order valence-electron chi connectivity index (χ1n) is 11.5. The molecule has 1 fully saturated rings. The van der Waals surface area contributed by atoms with Crippen molar-refractivity contribution in [2.75, 3.05) is 31.4 Å². The zero-order valence-corrected chi connectivity index (χ0v) is 20.0. The molecule has 0 radical (unpaired) electrons. The molecule has 0 saturated carbocycles. The van der Waals surface area contributed by atoms with Gasteiger partial charge in [0.1, 0.15) is 23.1 Å². The summed E-state index contributed by atoms with van der Waals surface area (Å²) in [5.41, 5.74) is 1.25. The van der Waals surface area contributed by atoms with Crippen LogP contribution in [0.2, 0.25) is 0 Å². The number of halogens is 2. The molecule has 188 valence electrons. The van der Waals surface area contributed by atoms with Gasteiger partial charge in [-0.05, 0) is 42.7 Å². The molecule has 2 N–H and O–H groups in total. The molecule has 3 aromatic carbocycles. The topological polar surface area (TPSA) is 79.9 Å². The summed E-state index contributed by atoms with van der Waals surface area (Å²) in [5, 5.41) is 5.41. The second kappa shape index (κ2) is 11.1. The van der Waals surface area contributed by atoms with E-state index in [1.807, 2.05) is 30.3 Å². The van der Waals surface area contributed by atoms with E-state index in [1.54, 1.807) is 18.2 Å². The number of urea groups is 1. The van der Waals surface area contributed by atoms with Crippen molar-refractivity contribution in [2.45, 2.75) is 18.9 Å². The van der Waals surface area contributed by atoms with Crippen LogP contribution in [0.1, 0.15) is 24.4 Å². The molecule has 1 aliphatic rings. The predicted molar refractivity (Wildman–Crippen MR) is 132 cm³/mol. The number of carbonyl (C=O) groups is 2. The van der Waals surface area contributed by atoms with Gasteiger partial charge in [0.15, 0.2) is 0 Å². The van der Waals surface area contributed by atoms with Gasteiger partial charge in [0.05, 0.1) is 37.6 Å². The molecular weight excluding hydrogens is 468 g/mol. The first-order chi connectivity index (χ1) is 17.4. The van der Waals surface area contributed by atoms with E-state index >= 15 is 0 Å². The SMILES string of the molecule is COc1ccc(NC(=O)C2CCC(c3ccccc3)N(C(=O)Nc3ccc(F)cc3F)C2)c(OC)c1. The van der Waals surface area contributed by atoms with Gasteiger partial charge in [0, 0.05) is 18.7 Å². The van der Waals surface area contributed by atoms with Gasteiger partial charge in [-0.25, -0.2) is 13.6 Å². The summed E-state index contributed by atoms with van der Waals surface area (Å²) in [6.07, 6.45) is 1.07. The van der Waals surface area contributed by atoms with Crippen LogP contribution in [-0.4, -0.2) is 37.6 Å². The van der Waals surface area contributed by atoms with Crippen LogP contribution in [0, 0.1) is 17.6 Å². The number of nitrogens with zero attached hydrogens (tertiary/aromatic N) is 1. The van der Waals surface area contributed by atoms with Crippen LogP contribution >= 0.6 is 0 Å². The Bertz CT molecular complexity index is 1240. The van der Waals surface area contributed by atoms with Crippen LogP contribution in [0.25, 0.3) is 0 Å². The molecule has 3 amide bonds. The highest BCUT2D eigenvalue weighted by Gasteiger charge is 2.36. The average molecular weight is 496 g/mol. The Labute approximate surface area is 208 Å². The quantitative estimate of drug-likeness (QED) is 0.466. The van der Waals surface area contributed by atoms with Crippen molar-refractivity contribution in [1.82, 2.24) is 4.90 Å². The Kier molecular flexibility index (Phi) is 7.68. The van der Waals surface area contributed by atoms with E-state index in [2.05, 4.69) is 10.6 Å². The van der Waals surface area contributed by atoms with E-state index in [4.69, 9.17) is 9.47 Å². The van der Waals surface area contributed by atoms with Gasteiger partial charge in [0.25, 0.3) is 0 Å². The number of anilines is 2. The highest BCUT2D eigenvalue weighted by Crippen LogP contribution is 2.36. The zero-order valence-electron chi connectivity index (χ0n) is 20.0. The van der Waals surface area contributed by atoms with Gasteiger partial charge in [-0.3, -0.25) is 4.79 Å². The third-order valence-corrected chi connectivity index (χ3v) is 6.24. The Balaban J connectivity index is 1.55. The average Bonchev–Trinajstić information content (AvgIpc) is 2.90. The lowest BCUT2D eigenvalue weighted by molar-refractivity contribution is -0.121. The number of hydrogen-bond donors (Lipinski definition) is 2. The molecule has 0 spiro atoms. The maximum absolute atomic E-state index is 14.2. The minimum atomic E-state index is -0.877. The predicted octanol–water partition coefficient (Wildman–Crippen LogP) is 5.61. The molecule has 3 aromatic rings. The standard InChI is InChI=1S/C27H27F2N3O4/c1-35-20-10-12-23(25(15-20)36-2)30-26(33)18-8-13-24(17-6-4-3-5-7-17)32(16-18)27(34)31-22-11-9-19(28)14-21(22)29/h3-7,9-12,14-15,18,24H,8,13,16H2,1-2H3,(H,30,33)(H,31,34). The monoisotopic (exact) mass is 495 g/mol. The number of amides is 3.